The van der Waals surface area contributed by atoms with Crippen molar-refractivity contribution in [1.29, 1.82) is 0 Å². The Hall–Kier alpha value is -1.17. The van der Waals surface area contributed by atoms with E-state index in [1.807, 2.05) is 6.92 Å². The van der Waals surface area contributed by atoms with Crippen molar-refractivity contribution in [2.45, 2.75) is 19.8 Å². The molecule has 0 aliphatic heterocycles. The largest absolute Gasteiger partial charge is 0.505 e. The zero-order chi connectivity index (χ0) is 8.69. The van der Waals surface area contributed by atoms with E-state index in [9.17, 15) is 4.79 Å². The van der Waals surface area contributed by atoms with Gasteiger partial charge in [0.15, 0.2) is 0 Å². The maximum absolute atomic E-state index is 9.93. The van der Waals surface area contributed by atoms with E-state index in [0.717, 1.165) is 12.8 Å². The van der Waals surface area contributed by atoms with Gasteiger partial charge < -0.3 is 9.84 Å². The lowest BCUT2D eigenvalue weighted by Crippen LogP contribution is -2.10. The van der Waals surface area contributed by atoms with Crippen LogP contribution in [0.3, 0.4) is 0 Å². The number of carboxylic acid groups (broad SMARTS) is 1. The summed E-state index contributed by atoms with van der Waals surface area (Å²) in [6.07, 6.45) is 5.61. The number of hydrogen-bond acceptors (Lipinski definition) is 2. The van der Waals surface area contributed by atoms with Crippen LogP contribution >= 0.6 is 0 Å². The van der Waals surface area contributed by atoms with Crippen molar-refractivity contribution >= 4 is 6.16 Å². The molecule has 11 heavy (non-hydrogen) atoms. The highest BCUT2D eigenvalue weighted by atomic mass is 16.7. The van der Waals surface area contributed by atoms with Gasteiger partial charge in [0.05, 0.1) is 5.92 Å². The maximum atomic E-state index is 9.93. The summed E-state index contributed by atoms with van der Waals surface area (Å²) in [4.78, 5) is 9.93. The minimum atomic E-state index is -1.26. The van der Waals surface area contributed by atoms with Gasteiger partial charge in [0.25, 0.3) is 0 Å². The molecule has 0 aromatic heterocycles. The smallest absolute Gasteiger partial charge is 0.450 e. The van der Waals surface area contributed by atoms with Gasteiger partial charge in [0, 0.05) is 0 Å². The van der Waals surface area contributed by atoms with Gasteiger partial charge in [0.1, 0.15) is 6.61 Å². The Morgan fingerprint density at radius 1 is 1.82 bits per heavy atom. The molecule has 0 radical (unpaired) electrons. The van der Waals surface area contributed by atoms with E-state index >= 15 is 0 Å². The van der Waals surface area contributed by atoms with Gasteiger partial charge in [-0.2, -0.15) is 0 Å². The molecule has 0 saturated carbocycles. The van der Waals surface area contributed by atoms with Crippen molar-refractivity contribution in [2.24, 2.45) is 5.92 Å². The van der Waals surface area contributed by atoms with Gasteiger partial charge in [-0.15, -0.1) is 6.42 Å². The zero-order valence-electron chi connectivity index (χ0n) is 6.54. The summed E-state index contributed by atoms with van der Waals surface area (Å²) in [5.74, 6) is 2.40. The van der Waals surface area contributed by atoms with Crippen molar-refractivity contribution in [3.63, 3.8) is 0 Å². The summed E-state index contributed by atoms with van der Waals surface area (Å²) >= 11 is 0. The third-order valence-electron chi connectivity index (χ3n) is 1.28. The van der Waals surface area contributed by atoms with E-state index in [4.69, 9.17) is 11.5 Å². The van der Waals surface area contributed by atoms with Gasteiger partial charge in [-0.25, -0.2) is 4.79 Å². The SMILES string of the molecule is C#CC(CCC)COC(=O)O. The molecule has 1 N–H and O–H groups in total. The molecule has 0 rings (SSSR count). The van der Waals surface area contributed by atoms with Crippen LogP contribution in [0.25, 0.3) is 0 Å². The van der Waals surface area contributed by atoms with Crippen molar-refractivity contribution < 1.29 is 14.6 Å². The summed E-state index contributed by atoms with van der Waals surface area (Å²) in [5.41, 5.74) is 0. The fraction of sp³-hybridized carbons (Fsp3) is 0.625. The van der Waals surface area contributed by atoms with Gasteiger partial charge in [-0.1, -0.05) is 19.3 Å². The van der Waals surface area contributed by atoms with Crippen molar-refractivity contribution in [3.05, 3.63) is 0 Å². The van der Waals surface area contributed by atoms with Crippen LogP contribution in [0.1, 0.15) is 19.8 Å². The van der Waals surface area contributed by atoms with Crippen LogP contribution in [0, 0.1) is 18.3 Å². The summed E-state index contributed by atoms with van der Waals surface area (Å²) in [5, 5.41) is 8.14. The maximum Gasteiger partial charge on any atom is 0.505 e. The van der Waals surface area contributed by atoms with E-state index in [0.29, 0.717) is 0 Å². The predicted octanol–water partition coefficient (Wildman–Crippen LogP) is 1.73. The Morgan fingerprint density at radius 3 is 2.82 bits per heavy atom. The molecule has 0 aliphatic rings. The molecule has 0 saturated heterocycles. The highest BCUT2D eigenvalue weighted by Crippen LogP contribution is 2.04. The second kappa shape index (κ2) is 5.60. The lowest BCUT2D eigenvalue weighted by Gasteiger charge is -2.06. The first-order valence-electron chi connectivity index (χ1n) is 3.52. The minimum Gasteiger partial charge on any atom is -0.450 e. The molecule has 0 fully saturated rings. The number of rotatable bonds is 4. The van der Waals surface area contributed by atoms with Crippen LogP contribution in [-0.2, 0) is 4.74 Å². The molecule has 0 heterocycles. The number of terminal acetylenes is 1. The van der Waals surface area contributed by atoms with Crippen molar-refractivity contribution in [1.82, 2.24) is 0 Å². The van der Waals surface area contributed by atoms with E-state index in [1.165, 1.54) is 0 Å². The topological polar surface area (TPSA) is 46.5 Å². The average molecular weight is 156 g/mol. The molecule has 1 atom stereocenters. The van der Waals surface area contributed by atoms with Crippen LogP contribution in [0.4, 0.5) is 4.79 Å². The first-order chi connectivity index (χ1) is 5.20. The average Bonchev–Trinajstić information content (AvgIpc) is 1.97. The molecule has 0 aliphatic carbocycles. The van der Waals surface area contributed by atoms with Crippen LogP contribution in [-0.4, -0.2) is 17.9 Å². The summed E-state index contributed by atoms with van der Waals surface area (Å²) < 4.78 is 4.32. The lowest BCUT2D eigenvalue weighted by molar-refractivity contribution is 0.0826. The van der Waals surface area contributed by atoms with Gasteiger partial charge in [0.2, 0.25) is 0 Å². The van der Waals surface area contributed by atoms with E-state index < -0.39 is 6.16 Å². The molecule has 0 spiro atoms. The Bertz CT molecular complexity index is 157. The highest BCUT2D eigenvalue weighted by Gasteiger charge is 2.06. The summed E-state index contributed by atoms with van der Waals surface area (Å²) in [6.45, 7) is 2.10. The highest BCUT2D eigenvalue weighted by molar-refractivity contribution is 5.56. The molecule has 1 unspecified atom stereocenters. The van der Waals surface area contributed by atoms with Crippen molar-refractivity contribution in [3.8, 4) is 12.3 Å². The number of hydrogen-bond donors (Lipinski definition) is 1. The molecular weight excluding hydrogens is 144 g/mol. The fourth-order valence-electron chi connectivity index (χ4n) is 0.735. The van der Waals surface area contributed by atoms with Crippen LogP contribution in [0.15, 0.2) is 0 Å². The minimum absolute atomic E-state index is 0.0731. The standard InChI is InChI=1S/C8H12O3/c1-3-5-7(4-2)6-11-8(9)10/h2,7H,3,5-6H2,1H3,(H,9,10). The van der Waals surface area contributed by atoms with Gasteiger partial charge in [-0.05, 0) is 6.42 Å². The molecular formula is C8H12O3. The van der Waals surface area contributed by atoms with Crippen molar-refractivity contribution in [2.75, 3.05) is 6.61 Å². The predicted molar refractivity (Wildman–Crippen MR) is 41.2 cm³/mol. The third-order valence-corrected chi connectivity index (χ3v) is 1.28. The Labute approximate surface area is 66.4 Å². The second-order valence-corrected chi connectivity index (χ2v) is 2.23. The quantitative estimate of drug-likeness (QED) is 0.498. The molecule has 3 heteroatoms. The molecule has 3 nitrogen and oxygen atoms in total. The summed E-state index contributed by atoms with van der Waals surface area (Å²) in [7, 11) is 0. The fourth-order valence-corrected chi connectivity index (χ4v) is 0.735. The second-order valence-electron chi connectivity index (χ2n) is 2.23. The van der Waals surface area contributed by atoms with E-state index in [2.05, 4.69) is 10.7 Å². The molecule has 0 bridgehead atoms. The van der Waals surface area contributed by atoms with E-state index in [-0.39, 0.29) is 12.5 Å². The molecule has 0 amide bonds. The normalized spacial score (nSPS) is 11.6. The first kappa shape index (κ1) is 9.83. The Balaban J connectivity index is 3.54. The molecule has 0 aromatic rings. The Morgan fingerprint density at radius 2 is 2.45 bits per heavy atom. The van der Waals surface area contributed by atoms with Gasteiger partial charge >= 0.3 is 6.16 Å². The van der Waals surface area contributed by atoms with E-state index in [1.54, 1.807) is 0 Å². The van der Waals surface area contributed by atoms with Crippen LogP contribution in [0.2, 0.25) is 0 Å². The Kier molecular flexibility index (Phi) is 5.01. The molecule has 62 valence electrons. The molecule has 0 aromatic carbocycles. The lowest BCUT2D eigenvalue weighted by atomic mass is 10.1. The third kappa shape index (κ3) is 5.28. The summed E-state index contributed by atoms with van der Waals surface area (Å²) in [6, 6.07) is 0. The monoisotopic (exact) mass is 156 g/mol. The first-order valence-corrected chi connectivity index (χ1v) is 3.52. The number of carbonyl (C=O) groups is 1. The van der Waals surface area contributed by atoms with Crippen LogP contribution in [0.5, 0.6) is 0 Å². The van der Waals surface area contributed by atoms with Gasteiger partial charge in [-0.3, -0.25) is 0 Å². The van der Waals surface area contributed by atoms with Crippen LogP contribution < -0.4 is 0 Å². The zero-order valence-corrected chi connectivity index (χ0v) is 6.54. The number of ether oxygens (including phenoxy) is 1.